The van der Waals surface area contributed by atoms with Gasteiger partial charge in [0.1, 0.15) is 0 Å². The lowest BCUT2D eigenvalue weighted by molar-refractivity contribution is -0.119. The second-order valence-electron chi connectivity index (χ2n) is 5.50. The van der Waals surface area contributed by atoms with Crippen molar-refractivity contribution in [1.29, 1.82) is 0 Å². The Balaban J connectivity index is 1.90. The number of benzene rings is 1. The summed E-state index contributed by atoms with van der Waals surface area (Å²) in [4.78, 5) is 14.4. The maximum atomic E-state index is 12.5. The Morgan fingerprint density at radius 2 is 2.20 bits per heavy atom. The fraction of sp³-hybridized carbons (Fsp3) is 0.333. The average Bonchev–Trinajstić information content (AvgIpc) is 3.21. The van der Waals surface area contributed by atoms with Crippen LogP contribution < -0.4 is 4.90 Å². The van der Waals surface area contributed by atoms with Crippen molar-refractivity contribution in [3.63, 3.8) is 0 Å². The number of halogens is 1. The number of aromatic nitrogens is 2. The van der Waals surface area contributed by atoms with Crippen LogP contribution in [0.3, 0.4) is 0 Å². The van der Waals surface area contributed by atoms with Gasteiger partial charge in [-0.2, -0.15) is 5.10 Å². The molecule has 1 saturated carbocycles. The molecule has 0 saturated heterocycles. The summed E-state index contributed by atoms with van der Waals surface area (Å²) in [5.74, 6) is 0.430. The molecule has 4 nitrogen and oxygen atoms in total. The summed E-state index contributed by atoms with van der Waals surface area (Å²) in [5.41, 5.74) is 4.08. The molecule has 0 radical (unpaired) electrons. The van der Waals surface area contributed by atoms with Crippen LogP contribution in [0.1, 0.15) is 18.4 Å². The van der Waals surface area contributed by atoms with Gasteiger partial charge in [-0.15, -0.1) is 0 Å². The molecule has 2 heterocycles. The third-order valence-electron chi connectivity index (χ3n) is 4.04. The fourth-order valence-electron chi connectivity index (χ4n) is 2.88. The van der Waals surface area contributed by atoms with Gasteiger partial charge in [0, 0.05) is 29.1 Å². The van der Waals surface area contributed by atoms with Crippen molar-refractivity contribution >= 4 is 23.2 Å². The summed E-state index contributed by atoms with van der Waals surface area (Å²) >= 11 is 6.13. The van der Waals surface area contributed by atoms with Crippen molar-refractivity contribution in [2.75, 3.05) is 4.90 Å². The Morgan fingerprint density at radius 3 is 2.95 bits per heavy atom. The summed E-state index contributed by atoms with van der Waals surface area (Å²) in [6, 6.07) is 5.70. The third-order valence-corrected chi connectivity index (χ3v) is 4.28. The molecular formula is C15H14ClN3O. The molecule has 0 N–H and O–H groups in total. The zero-order chi connectivity index (χ0) is 13.9. The minimum Gasteiger partial charge on any atom is -0.307 e. The number of anilines is 1. The molecular weight excluding hydrogens is 274 g/mol. The predicted octanol–water partition coefficient (Wildman–Crippen LogP) is 3.00. The highest BCUT2D eigenvalue weighted by Gasteiger charge is 2.37. The van der Waals surface area contributed by atoms with E-state index in [0.717, 1.165) is 35.3 Å². The van der Waals surface area contributed by atoms with Crippen LogP contribution in [0.15, 0.2) is 24.4 Å². The van der Waals surface area contributed by atoms with E-state index in [1.54, 1.807) is 0 Å². The van der Waals surface area contributed by atoms with Crippen molar-refractivity contribution in [2.24, 2.45) is 13.0 Å². The van der Waals surface area contributed by atoms with E-state index >= 15 is 0 Å². The van der Waals surface area contributed by atoms with Gasteiger partial charge in [-0.3, -0.25) is 9.48 Å². The summed E-state index contributed by atoms with van der Waals surface area (Å²) < 4.78 is 1.85. The average molecular weight is 288 g/mol. The molecule has 1 fully saturated rings. The highest BCUT2D eigenvalue weighted by atomic mass is 35.5. The Hall–Kier alpha value is -1.81. The van der Waals surface area contributed by atoms with Gasteiger partial charge in [-0.25, -0.2) is 0 Å². The van der Waals surface area contributed by atoms with Crippen molar-refractivity contribution in [1.82, 2.24) is 9.78 Å². The molecule has 1 aliphatic carbocycles. The van der Waals surface area contributed by atoms with E-state index in [9.17, 15) is 4.79 Å². The molecule has 0 unspecified atom stereocenters. The van der Waals surface area contributed by atoms with E-state index in [-0.39, 0.29) is 11.8 Å². The highest BCUT2D eigenvalue weighted by Crippen LogP contribution is 2.42. The van der Waals surface area contributed by atoms with Crippen LogP contribution in [0.5, 0.6) is 0 Å². The van der Waals surface area contributed by atoms with Crippen molar-refractivity contribution in [3.05, 3.63) is 35.0 Å². The second-order valence-corrected chi connectivity index (χ2v) is 5.94. The number of hydrogen-bond acceptors (Lipinski definition) is 2. The lowest BCUT2D eigenvalue weighted by Crippen LogP contribution is -2.34. The molecule has 20 heavy (non-hydrogen) atoms. The molecule has 1 aromatic heterocycles. The zero-order valence-electron chi connectivity index (χ0n) is 11.1. The largest absolute Gasteiger partial charge is 0.307 e. The van der Waals surface area contributed by atoms with Crippen molar-refractivity contribution < 1.29 is 4.79 Å². The molecule has 0 spiro atoms. The number of rotatable bonds is 1. The molecule has 0 bridgehead atoms. The molecule has 1 aliphatic heterocycles. The van der Waals surface area contributed by atoms with Crippen LogP contribution >= 0.6 is 11.6 Å². The minimum atomic E-state index is 0.205. The van der Waals surface area contributed by atoms with Gasteiger partial charge in [-0.05, 0) is 31.0 Å². The lowest BCUT2D eigenvalue weighted by atomic mass is 9.99. The van der Waals surface area contributed by atoms with Gasteiger partial charge in [-0.1, -0.05) is 11.6 Å². The fourth-order valence-corrected chi connectivity index (χ4v) is 3.05. The van der Waals surface area contributed by atoms with E-state index in [1.807, 2.05) is 41.0 Å². The van der Waals surface area contributed by atoms with Crippen LogP contribution in [0, 0.1) is 5.92 Å². The summed E-state index contributed by atoms with van der Waals surface area (Å²) in [5, 5.41) is 4.99. The van der Waals surface area contributed by atoms with Crippen LogP contribution in [0.4, 0.5) is 5.69 Å². The first-order valence-corrected chi connectivity index (χ1v) is 7.15. The van der Waals surface area contributed by atoms with E-state index in [0.29, 0.717) is 11.6 Å². The topological polar surface area (TPSA) is 38.1 Å². The van der Waals surface area contributed by atoms with Crippen LogP contribution in [0.25, 0.3) is 11.3 Å². The van der Waals surface area contributed by atoms with E-state index in [4.69, 9.17) is 11.6 Å². The highest BCUT2D eigenvalue weighted by molar-refractivity contribution is 6.31. The first-order chi connectivity index (χ1) is 9.65. The number of nitrogens with zero attached hydrogens (tertiary/aromatic N) is 3. The van der Waals surface area contributed by atoms with Crippen molar-refractivity contribution in [3.8, 4) is 11.3 Å². The Morgan fingerprint density at radius 1 is 1.40 bits per heavy atom. The number of carbonyl (C=O) groups excluding carboxylic acids is 1. The molecule has 2 aliphatic rings. The lowest BCUT2D eigenvalue weighted by Gasteiger charge is -2.30. The Labute approximate surface area is 121 Å². The second kappa shape index (κ2) is 4.09. The first-order valence-electron chi connectivity index (χ1n) is 6.77. The molecule has 5 heteroatoms. The van der Waals surface area contributed by atoms with Gasteiger partial charge in [0.05, 0.1) is 24.1 Å². The monoisotopic (exact) mass is 287 g/mol. The SMILES string of the molecule is Cn1ncc2c1-c1cc(Cl)ccc1N(C(=O)C1CC1)C2. The van der Waals surface area contributed by atoms with Crippen LogP contribution in [-0.2, 0) is 18.4 Å². The molecule has 102 valence electrons. The van der Waals surface area contributed by atoms with Gasteiger partial charge in [0.2, 0.25) is 5.91 Å². The number of aryl methyl sites for hydroxylation is 1. The number of fused-ring (bicyclic) bond motifs is 3. The molecule has 1 aromatic carbocycles. The van der Waals surface area contributed by atoms with Gasteiger partial charge in [0.25, 0.3) is 0 Å². The number of amides is 1. The van der Waals surface area contributed by atoms with E-state index < -0.39 is 0 Å². The summed E-state index contributed by atoms with van der Waals surface area (Å²) in [6.07, 6.45) is 3.86. The first kappa shape index (κ1) is 12.0. The molecule has 4 rings (SSSR count). The maximum Gasteiger partial charge on any atom is 0.230 e. The van der Waals surface area contributed by atoms with E-state index in [1.165, 1.54) is 0 Å². The van der Waals surface area contributed by atoms with Crippen LogP contribution in [0.2, 0.25) is 5.02 Å². The standard InChI is InChI=1S/C15H14ClN3O/c1-18-14-10(7-17-18)8-19(15(20)9-2-3-9)13-5-4-11(16)6-12(13)14/h4-7,9H,2-3,8H2,1H3. The minimum absolute atomic E-state index is 0.205. The van der Waals surface area contributed by atoms with E-state index in [2.05, 4.69) is 5.10 Å². The van der Waals surface area contributed by atoms with Gasteiger partial charge < -0.3 is 4.90 Å². The molecule has 2 aromatic rings. The smallest absolute Gasteiger partial charge is 0.230 e. The van der Waals surface area contributed by atoms with Gasteiger partial charge in [0.15, 0.2) is 0 Å². The van der Waals surface area contributed by atoms with Crippen molar-refractivity contribution in [2.45, 2.75) is 19.4 Å². The number of hydrogen-bond donors (Lipinski definition) is 0. The molecule has 0 atom stereocenters. The summed E-state index contributed by atoms with van der Waals surface area (Å²) in [7, 11) is 1.92. The van der Waals surface area contributed by atoms with Gasteiger partial charge >= 0.3 is 0 Å². The number of carbonyl (C=O) groups is 1. The predicted molar refractivity (Wildman–Crippen MR) is 77.6 cm³/mol. The zero-order valence-corrected chi connectivity index (χ0v) is 11.9. The quantitative estimate of drug-likeness (QED) is 0.809. The molecule has 1 amide bonds. The third kappa shape index (κ3) is 1.68. The Bertz CT molecular complexity index is 718. The normalized spacial score (nSPS) is 16.8. The Kier molecular flexibility index (Phi) is 2.45. The maximum absolute atomic E-state index is 12.5. The summed E-state index contributed by atoms with van der Waals surface area (Å²) in [6.45, 7) is 0.604. The van der Waals surface area contributed by atoms with Crippen LogP contribution in [-0.4, -0.2) is 15.7 Å².